The van der Waals surface area contributed by atoms with Gasteiger partial charge in [-0.3, -0.25) is 9.59 Å². The topological polar surface area (TPSA) is 77.3 Å². The smallest absolute Gasteiger partial charge is 0.263 e. The van der Waals surface area contributed by atoms with Crippen LogP contribution in [0.1, 0.15) is 29.4 Å². The lowest BCUT2D eigenvalue weighted by Gasteiger charge is -2.17. The van der Waals surface area contributed by atoms with E-state index in [9.17, 15) is 14.0 Å². The Morgan fingerprint density at radius 1 is 1.44 bits per heavy atom. The molecular weight excluding hydrogens is 327 g/mol. The number of amides is 1. The van der Waals surface area contributed by atoms with Gasteiger partial charge in [-0.05, 0) is 18.6 Å². The Kier molecular flexibility index (Phi) is 4.78. The molecule has 3 heterocycles. The SMILES string of the molecule is CCc1ncnc(O[C@@H]2CCN(C(=O)c3cccn(C)c3=O)C2)c1F. The van der Waals surface area contributed by atoms with Crippen LogP contribution in [0.2, 0.25) is 0 Å². The third-order valence-electron chi connectivity index (χ3n) is 4.23. The molecule has 0 aliphatic carbocycles. The predicted octanol–water partition coefficient (Wildman–Crippen LogP) is 1.17. The molecule has 0 bridgehead atoms. The Hall–Kier alpha value is -2.77. The van der Waals surface area contributed by atoms with Crippen LogP contribution < -0.4 is 10.3 Å². The highest BCUT2D eigenvalue weighted by atomic mass is 19.1. The second kappa shape index (κ2) is 7.00. The van der Waals surface area contributed by atoms with Crippen LogP contribution in [0, 0.1) is 5.82 Å². The number of aryl methyl sites for hydroxylation is 2. The summed E-state index contributed by atoms with van der Waals surface area (Å²) in [6.45, 7) is 2.52. The fraction of sp³-hybridized carbons (Fsp3) is 0.412. The second-order valence-corrected chi connectivity index (χ2v) is 5.91. The highest BCUT2D eigenvalue weighted by molar-refractivity contribution is 5.94. The molecule has 0 saturated carbocycles. The third kappa shape index (κ3) is 3.38. The van der Waals surface area contributed by atoms with Gasteiger partial charge in [0.25, 0.3) is 17.3 Å². The van der Waals surface area contributed by atoms with Crippen molar-refractivity contribution in [2.24, 2.45) is 7.05 Å². The Balaban J connectivity index is 1.71. The molecular formula is C17H19FN4O3. The molecule has 3 rings (SSSR count). The standard InChI is InChI=1S/C17H19FN4O3/c1-3-13-14(18)15(20-10-19-13)25-11-6-8-22(9-11)17(24)12-5-4-7-21(2)16(12)23/h4-5,7,10-11H,3,6,8-9H2,1-2H3/t11-/m1/s1. The summed E-state index contributed by atoms with van der Waals surface area (Å²) in [7, 11) is 1.60. The van der Waals surface area contributed by atoms with E-state index >= 15 is 0 Å². The normalized spacial score (nSPS) is 16.9. The largest absolute Gasteiger partial charge is 0.470 e. The number of ether oxygens (including phenoxy) is 1. The van der Waals surface area contributed by atoms with E-state index in [2.05, 4.69) is 9.97 Å². The van der Waals surface area contributed by atoms with Crippen molar-refractivity contribution in [3.05, 3.63) is 52.1 Å². The minimum atomic E-state index is -0.563. The van der Waals surface area contributed by atoms with Gasteiger partial charge in [-0.25, -0.2) is 4.98 Å². The molecule has 132 valence electrons. The van der Waals surface area contributed by atoms with Gasteiger partial charge >= 0.3 is 0 Å². The van der Waals surface area contributed by atoms with Crippen molar-refractivity contribution in [3.8, 4) is 5.88 Å². The molecule has 8 heteroatoms. The maximum atomic E-state index is 14.2. The molecule has 0 spiro atoms. The summed E-state index contributed by atoms with van der Waals surface area (Å²) in [5, 5.41) is 0. The van der Waals surface area contributed by atoms with Crippen LogP contribution in [0.25, 0.3) is 0 Å². The molecule has 1 atom stereocenters. The molecule has 0 aromatic carbocycles. The van der Waals surface area contributed by atoms with Gasteiger partial charge in [0.2, 0.25) is 5.82 Å². The molecule has 1 saturated heterocycles. The summed E-state index contributed by atoms with van der Waals surface area (Å²) in [6, 6.07) is 3.16. The Morgan fingerprint density at radius 3 is 3.00 bits per heavy atom. The Bertz CT molecular complexity index is 852. The summed E-state index contributed by atoms with van der Waals surface area (Å²) >= 11 is 0. The number of nitrogens with zero attached hydrogens (tertiary/aromatic N) is 4. The number of rotatable bonds is 4. The highest BCUT2D eigenvalue weighted by Gasteiger charge is 2.30. The average Bonchev–Trinajstić information content (AvgIpc) is 3.07. The number of likely N-dealkylation sites (tertiary alicyclic amines) is 1. The molecule has 0 unspecified atom stereocenters. The van der Waals surface area contributed by atoms with Crippen LogP contribution in [-0.4, -0.2) is 44.5 Å². The summed E-state index contributed by atoms with van der Waals surface area (Å²) in [5.74, 6) is -1.00. The van der Waals surface area contributed by atoms with Crippen LogP contribution >= 0.6 is 0 Å². The molecule has 0 radical (unpaired) electrons. The van der Waals surface area contributed by atoms with E-state index in [1.54, 1.807) is 31.1 Å². The van der Waals surface area contributed by atoms with Crippen molar-refractivity contribution in [1.82, 2.24) is 19.4 Å². The third-order valence-corrected chi connectivity index (χ3v) is 4.23. The number of carbonyl (C=O) groups excluding carboxylic acids is 1. The van der Waals surface area contributed by atoms with E-state index in [4.69, 9.17) is 4.74 Å². The molecule has 1 fully saturated rings. The number of aromatic nitrogens is 3. The number of pyridine rings is 1. The van der Waals surface area contributed by atoms with Gasteiger partial charge in [-0.15, -0.1) is 0 Å². The zero-order valence-electron chi connectivity index (χ0n) is 14.1. The monoisotopic (exact) mass is 346 g/mol. The van der Waals surface area contributed by atoms with Gasteiger partial charge in [0.05, 0.1) is 12.2 Å². The van der Waals surface area contributed by atoms with E-state index < -0.39 is 5.82 Å². The van der Waals surface area contributed by atoms with Gasteiger partial charge in [0.1, 0.15) is 18.0 Å². The Labute approximate surface area is 144 Å². The van der Waals surface area contributed by atoms with Crippen LogP contribution in [0.4, 0.5) is 4.39 Å². The fourth-order valence-electron chi connectivity index (χ4n) is 2.81. The first kappa shape index (κ1) is 17.1. The molecule has 0 N–H and O–H groups in total. The zero-order valence-corrected chi connectivity index (χ0v) is 14.1. The summed E-state index contributed by atoms with van der Waals surface area (Å²) < 4.78 is 21.1. The van der Waals surface area contributed by atoms with Gasteiger partial charge < -0.3 is 14.2 Å². The Morgan fingerprint density at radius 2 is 2.24 bits per heavy atom. The van der Waals surface area contributed by atoms with Gasteiger partial charge in [-0.2, -0.15) is 9.37 Å². The number of halogens is 1. The number of hydrogen-bond donors (Lipinski definition) is 0. The summed E-state index contributed by atoms with van der Waals surface area (Å²) in [5.41, 5.74) is 0.0714. The van der Waals surface area contributed by atoms with E-state index in [-0.39, 0.29) is 35.6 Å². The maximum Gasteiger partial charge on any atom is 0.263 e. The van der Waals surface area contributed by atoms with Crippen molar-refractivity contribution in [1.29, 1.82) is 0 Å². The van der Waals surface area contributed by atoms with Crippen molar-refractivity contribution >= 4 is 5.91 Å². The molecule has 2 aromatic heterocycles. The lowest BCUT2D eigenvalue weighted by Crippen LogP contribution is -2.35. The molecule has 1 aliphatic heterocycles. The number of hydrogen-bond acceptors (Lipinski definition) is 5. The number of carbonyl (C=O) groups is 1. The molecule has 25 heavy (non-hydrogen) atoms. The summed E-state index contributed by atoms with van der Waals surface area (Å²) in [4.78, 5) is 33.9. The lowest BCUT2D eigenvalue weighted by atomic mass is 10.2. The van der Waals surface area contributed by atoms with E-state index in [0.29, 0.717) is 25.1 Å². The van der Waals surface area contributed by atoms with Crippen molar-refractivity contribution < 1.29 is 13.9 Å². The molecule has 1 amide bonds. The highest BCUT2D eigenvalue weighted by Crippen LogP contribution is 2.21. The average molecular weight is 346 g/mol. The summed E-state index contributed by atoms with van der Waals surface area (Å²) in [6.07, 6.45) is 3.48. The fourth-order valence-corrected chi connectivity index (χ4v) is 2.81. The minimum absolute atomic E-state index is 0.0956. The van der Waals surface area contributed by atoms with Crippen molar-refractivity contribution in [2.75, 3.05) is 13.1 Å². The van der Waals surface area contributed by atoms with Crippen LogP contribution in [0.15, 0.2) is 29.5 Å². The predicted molar refractivity (Wildman–Crippen MR) is 88.0 cm³/mol. The van der Waals surface area contributed by atoms with Crippen LogP contribution in [0.5, 0.6) is 5.88 Å². The van der Waals surface area contributed by atoms with E-state index in [0.717, 1.165) is 0 Å². The van der Waals surface area contributed by atoms with Crippen molar-refractivity contribution in [3.63, 3.8) is 0 Å². The first-order valence-electron chi connectivity index (χ1n) is 8.12. The quantitative estimate of drug-likeness (QED) is 0.831. The lowest BCUT2D eigenvalue weighted by molar-refractivity contribution is 0.0767. The van der Waals surface area contributed by atoms with Gasteiger partial charge in [-0.1, -0.05) is 6.92 Å². The molecule has 2 aromatic rings. The first-order valence-corrected chi connectivity index (χ1v) is 8.12. The van der Waals surface area contributed by atoms with E-state index in [1.165, 1.54) is 17.0 Å². The van der Waals surface area contributed by atoms with Gasteiger partial charge in [0.15, 0.2) is 0 Å². The minimum Gasteiger partial charge on any atom is -0.470 e. The van der Waals surface area contributed by atoms with Crippen LogP contribution in [-0.2, 0) is 13.5 Å². The van der Waals surface area contributed by atoms with Crippen LogP contribution in [0.3, 0.4) is 0 Å². The molecule has 1 aliphatic rings. The first-order chi connectivity index (χ1) is 12.0. The van der Waals surface area contributed by atoms with E-state index in [1.807, 2.05) is 0 Å². The second-order valence-electron chi connectivity index (χ2n) is 5.91. The van der Waals surface area contributed by atoms with Crippen molar-refractivity contribution in [2.45, 2.75) is 25.9 Å². The zero-order chi connectivity index (χ0) is 18.0. The molecule has 7 nitrogen and oxygen atoms in total. The van der Waals surface area contributed by atoms with Gasteiger partial charge in [0, 0.05) is 26.2 Å². The maximum absolute atomic E-state index is 14.2.